The number of hydrogen-bond acceptors (Lipinski definition) is 3. The fourth-order valence-electron chi connectivity index (χ4n) is 2.86. The molecule has 1 fully saturated rings. The zero-order valence-corrected chi connectivity index (χ0v) is 12.0. The van der Waals surface area contributed by atoms with Gasteiger partial charge in [-0.25, -0.2) is 0 Å². The van der Waals surface area contributed by atoms with Gasteiger partial charge < -0.3 is 9.84 Å². The number of hydrogen-bond donors (Lipinski definition) is 1. The molecule has 0 saturated heterocycles. The predicted octanol–water partition coefficient (Wildman–Crippen LogP) is 2.14. The second-order valence-electron chi connectivity index (χ2n) is 5.94. The summed E-state index contributed by atoms with van der Waals surface area (Å²) in [5, 5.41) is 10.1. The predicted molar refractivity (Wildman–Crippen MR) is 71.1 cm³/mol. The summed E-state index contributed by atoms with van der Waals surface area (Å²) in [7, 11) is 3.85. The Labute approximate surface area is 106 Å². The zero-order valence-electron chi connectivity index (χ0n) is 12.0. The maximum atomic E-state index is 10.1. The first kappa shape index (κ1) is 14.9. The molecule has 1 saturated carbocycles. The second kappa shape index (κ2) is 6.72. The van der Waals surface area contributed by atoms with Crippen molar-refractivity contribution >= 4 is 0 Å². The third-order valence-corrected chi connectivity index (χ3v) is 4.28. The molecule has 0 spiro atoms. The lowest BCUT2D eigenvalue weighted by Gasteiger charge is -2.40. The van der Waals surface area contributed by atoms with Crippen molar-refractivity contribution in [2.45, 2.75) is 58.3 Å². The molecule has 3 heteroatoms. The lowest BCUT2D eigenvalue weighted by Crippen LogP contribution is -2.48. The van der Waals surface area contributed by atoms with Crippen molar-refractivity contribution in [2.75, 3.05) is 20.7 Å². The van der Waals surface area contributed by atoms with E-state index in [-0.39, 0.29) is 12.2 Å². The molecule has 4 unspecified atom stereocenters. The van der Waals surface area contributed by atoms with Crippen LogP contribution in [0.1, 0.15) is 40.0 Å². The van der Waals surface area contributed by atoms with E-state index >= 15 is 0 Å². The SMILES string of the molecule is COC(C)CN(C)C1CC(C(C)C)CCC1O. The third-order valence-electron chi connectivity index (χ3n) is 4.28. The van der Waals surface area contributed by atoms with Crippen LogP contribution in [0, 0.1) is 11.8 Å². The molecule has 0 aromatic carbocycles. The molecule has 0 bridgehead atoms. The molecule has 17 heavy (non-hydrogen) atoms. The molecule has 4 atom stereocenters. The average Bonchev–Trinajstić information content (AvgIpc) is 2.28. The van der Waals surface area contributed by atoms with E-state index in [2.05, 4.69) is 32.7 Å². The van der Waals surface area contributed by atoms with Gasteiger partial charge in [-0.1, -0.05) is 13.8 Å². The first-order valence-corrected chi connectivity index (χ1v) is 6.86. The van der Waals surface area contributed by atoms with Gasteiger partial charge in [0, 0.05) is 19.7 Å². The Bertz CT molecular complexity index is 220. The molecule has 0 amide bonds. The van der Waals surface area contributed by atoms with Crippen LogP contribution in [0.15, 0.2) is 0 Å². The minimum atomic E-state index is -0.168. The molecule has 1 rings (SSSR count). The minimum Gasteiger partial charge on any atom is -0.391 e. The van der Waals surface area contributed by atoms with E-state index in [0.717, 1.165) is 31.2 Å². The molecule has 1 aliphatic carbocycles. The van der Waals surface area contributed by atoms with Crippen molar-refractivity contribution < 1.29 is 9.84 Å². The number of ether oxygens (including phenoxy) is 1. The van der Waals surface area contributed by atoms with Gasteiger partial charge in [0.1, 0.15) is 0 Å². The van der Waals surface area contributed by atoms with E-state index in [1.54, 1.807) is 7.11 Å². The number of rotatable bonds is 5. The molecule has 3 nitrogen and oxygen atoms in total. The van der Waals surface area contributed by atoms with E-state index in [0.29, 0.717) is 6.04 Å². The van der Waals surface area contributed by atoms with Crippen molar-refractivity contribution in [1.29, 1.82) is 0 Å². The van der Waals surface area contributed by atoms with E-state index < -0.39 is 0 Å². The maximum absolute atomic E-state index is 10.1. The Hall–Kier alpha value is -0.120. The molecule has 0 aromatic rings. The Morgan fingerprint density at radius 3 is 2.47 bits per heavy atom. The molecule has 0 radical (unpaired) electrons. The summed E-state index contributed by atoms with van der Waals surface area (Å²) in [4.78, 5) is 2.27. The fraction of sp³-hybridized carbons (Fsp3) is 1.00. The number of nitrogens with zero attached hydrogens (tertiary/aromatic N) is 1. The van der Waals surface area contributed by atoms with Gasteiger partial charge in [0.2, 0.25) is 0 Å². The number of likely N-dealkylation sites (N-methyl/N-ethyl adjacent to an activating group) is 1. The molecule has 1 aliphatic rings. The summed E-state index contributed by atoms with van der Waals surface area (Å²) in [6, 6.07) is 0.300. The molecular formula is C14H29NO2. The smallest absolute Gasteiger partial charge is 0.0695 e. The van der Waals surface area contributed by atoms with Gasteiger partial charge in [-0.3, -0.25) is 4.90 Å². The number of aliphatic hydroxyl groups excluding tert-OH is 1. The average molecular weight is 243 g/mol. The van der Waals surface area contributed by atoms with Gasteiger partial charge in [-0.2, -0.15) is 0 Å². The van der Waals surface area contributed by atoms with E-state index in [1.165, 1.54) is 6.42 Å². The molecule has 1 N–H and O–H groups in total. The van der Waals surface area contributed by atoms with Crippen LogP contribution in [-0.4, -0.2) is 49.0 Å². The quantitative estimate of drug-likeness (QED) is 0.803. The van der Waals surface area contributed by atoms with Crippen LogP contribution < -0.4 is 0 Å². The van der Waals surface area contributed by atoms with E-state index in [4.69, 9.17) is 4.74 Å². The lowest BCUT2D eigenvalue weighted by molar-refractivity contribution is -0.0138. The van der Waals surface area contributed by atoms with Crippen molar-refractivity contribution in [3.05, 3.63) is 0 Å². The molecule has 102 valence electrons. The van der Waals surface area contributed by atoms with Gasteiger partial charge in [0.05, 0.1) is 12.2 Å². The monoisotopic (exact) mass is 243 g/mol. The van der Waals surface area contributed by atoms with Crippen LogP contribution in [0.5, 0.6) is 0 Å². The standard InChI is InChI=1S/C14H29NO2/c1-10(2)12-6-7-14(16)13(8-12)15(4)9-11(3)17-5/h10-14,16H,6-9H2,1-5H3. The van der Waals surface area contributed by atoms with Crippen molar-refractivity contribution in [3.63, 3.8) is 0 Å². The zero-order chi connectivity index (χ0) is 13.0. The number of aliphatic hydroxyl groups is 1. The molecular weight excluding hydrogens is 214 g/mol. The Morgan fingerprint density at radius 1 is 1.29 bits per heavy atom. The van der Waals surface area contributed by atoms with Gasteiger partial charge in [0.15, 0.2) is 0 Å². The van der Waals surface area contributed by atoms with Crippen LogP contribution in [0.3, 0.4) is 0 Å². The topological polar surface area (TPSA) is 32.7 Å². The van der Waals surface area contributed by atoms with Gasteiger partial charge in [-0.15, -0.1) is 0 Å². The van der Waals surface area contributed by atoms with Crippen LogP contribution in [-0.2, 0) is 4.74 Å². The first-order valence-electron chi connectivity index (χ1n) is 6.86. The van der Waals surface area contributed by atoms with Crippen molar-refractivity contribution in [3.8, 4) is 0 Å². The first-order chi connectivity index (χ1) is 7.95. The van der Waals surface area contributed by atoms with Gasteiger partial charge in [0.25, 0.3) is 0 Å². The maximum Gasteiger partial charge on any atom is 0.0695 e. The minimum absolute atomic E-state index is 0.168. The highest BCUT2D eigenvalue weighted by Crippen LogP contribution is 2.32. The summed E-state index contributed by atoms with van der Waals surface area (Å²) >= 11 is 0. The summed E-state index contributed by atoms with van der Waals surface area (Å²) in [6.45, 7) is 7.54. The van der Waals surface area contributed by atoms with Crippen LogP contribution in [0.25, 0.3) is 0 Å². The third kappa shape index (κ3) is 4.23. The van der Waals surface area contributed by atoms with Crippen LogP contribution in [0.2, 0.25) is 0 Å². The van der Waals surface area contributed by atoms with Crippen LogP contribution >= 0.6 is 0 Å². The van der Waals surface area contributed by atoms with E-state index in [9.17, 15) is 5.11 Å². The normalized spacial score (nSPS) is 32.1. The summed E-state index contributed by atoms with van der Waals surface area (Å²) < 4.78 is 5.30. The largest absolute Gasteiger partial charge is 0.391 e. The molecule has 0 aliphatic heterocycles. The summed E-state index contributed by atoms with van der Waals surface area (Å²) in [5.74, 6) is 1.47. The van der Waals surface area contributed by atoms with Gasteiger partial charge in [-0.05, 0) is 45.1 Å². The fourth-order valence-corrected chi connectivity index (χ4v) is 2.86. The molecule has 0 heterocycles. The Balaban J connectivity index is 2.53. The highest BCUT2D eigenvalue weighted by Gasteiger charge is 2.33. The second-order valence-corrected chi connectivity index (χ2v) is 5.94. The van der Waals surface area contributed by atoms with Gasteiger partial charge >= 0.3 is 0 Å². The van der Waals surface area contributed by atoms with Crippen molar-refractivity contribution in [1.82, 2.24) is 4.90 Å². The molecule has 0 aromatic heterocycles. The van der Waals surface area contributed by atoms with E-state index in [1.807, 2.05) is 0 Å². The summed E-state index contributed by atoms with van der Waals surface area (Å²) in [6.07, 6.45) is 3.29. The van der Waals surface area contributed by atoms with Crippen LogP contribution in [0.4, 0.5) is 0 Å². The highest BCUT2D eigenvalue weighted by atomic mass is 16.5. The Kier molecular flexibility index (Phi) is 5.90. The summed E-state index contributed by atoms with van der Waals surface area (Å²) in [5.41, 5.74) is 0. The van der Waals surface area contributed by atoms with Crippen molar-refractivity contribution in [2.24, 2.45) is 11.8 Å². The highest BCUT2D eigenvalue weighted by molar-refractivity contribution is 4.87. The lowest BCUT2D eigenvalue weighted by atomic mass is 9.77. The Morgan fingerprint density at radius 2 is 1.94 bits per heavy atom. The number of methoxy groups -OCH3 is 1.